The average Bonchev–Trinajstić information content (AvgIpc) is 3.46. The zero-order chi connectivity index (χ0) is 26.0. The lowest BCUT2D eigenvalue weighted by Crippen LogP contribution is -2.49. The van der Waals surface area contributed by atoms with Gasteiger partial charge in [-0.2, -0.15) is 5.26 Å². The van der Waals surface area contributed by atoms with Gasteiger partial charge in [-0.15, -0.1) is 0 Å². The highest BCUT2D eigenvalue weighted by Gasteiger charge is 2.33. The van der Waals surface area contributed by atoms with E-state index in [4.69, 9.17) is 9.98 Å². The molecule has 3 aromatic rings. The van der Waals surface area contributed by atoms with Crippen molar-refractivity contribution >= 4 is 39.4 Å². The van der Waals surface area contributed by atoms with Gasteiger partial charge in [0, 0.05) is 30.9 Å². The number of unbranched alkanes of at least 4 members (excludes halogenated alkanes) is 5. The second-order valence-electron chi connectivity index (χ2n) is 11.1. The van der Waals surface area contributed by atoms with E-state index in [1.807, 2.05) is 17.8 Å². The van der Waals surface area contributed by atoms with Crippen molar-refractivity contribution in [2.24, 2.45) is 4.99 Å². The molecule has 0 spiro atoms. The second kappa shape index (κ2) is 10.9. The first-order valence-corrected chi connectivity index (χ1v) is 14.8. The number of nitrogens with zero attached hydrogens (tertiary/aromatic N) is 6. The number of anilines is 1. The van der Waals surface area contributed by atoms with Gasteiger partial charge < -0.3 is 9.80 Å². The average molecular weight is 517 g/mol. The van der Waals surface area contributed by atoms with Crippen LogP contribution in [0.25, 0.3) is 16.7 Å². The number of aromatic nitrogens is 2. The third kappa shape index (κ3) is 5.18. The topological polar surface area (TPSA) is 59.9 Å². The van der Waals surface area contributed by atoms with Crippen LogP contribution in [-0.2, 0) is 6.42 Å². The van der Waals surface area contributed by atoms with E-state index in [2.05, 4.69) is 66.2 Å². The van der Waals surface area contributed by atoms with E-state index in [9.17, 15) is 5.26 Å². The maximum absolute atomic E-state index is 10.2. The third-order valence-electron chi connectivity index (χ3n) is 7.80. The number of para-hydroxylation sites is 2. The number of thioether (sulfide) groups is 1. The molecule has 1 saturated heterocycles. The summed E-state index contributed by atoms with van der Waals surface area (Å²) in [4.78, 5) is 14.8. The summed E-state index contributed by atoms with van der Waals surface area (Å²) in [5.41, 5.74) is 5.99. The van der Waals surface area contributed by atoms with E-state index < -0.39 is 0 Å². The van der Waals surface area contributed by atoms with E-state index in [-0.39, 0.29) is 4.75 Å². The van der Waals surface area contributed by atoms with E-state index in [0.717, 1.165) is 73.4 Å². The number of aliphatic imine (C=N–C) groups is 1. The lowest BCUT2D eigenvalue weighted by atomic mass is 9.97. The molecule has 1 aromatic carbocycles. The zero-order valence-electron chi connectivity index (χ0n) is 22.9. The largest absolute Gasteiger partial charge is 0.354 e. The molecule has 0 radical (unpaired) electrons. The molecule has 5 rings (SSSR count). The van der Waals surface area contributed by atoms with Gasteiger partial charge in [0.1, 0.15) is 11.9 Å². The molecule has 0 bridgehead atoms. The van der Waals surface area contributed by atoms with Gasteiger partial charge in [0.25, 0.3) is 0 Å². The number of piperazine rings is 1. The Morgan fingerprint density at radius 3 is 2.41 bits per heavy atom. The van der Waals surface area contributed by atoms with Crippen LogP contribution in [0.3, 0.4) is 0 Å². The van der Waals surface area contributed by atoms with Gasteiger partial charge in [-0.3, -0.25) is 9.39 Å². The molecular weight excluding hydrogens is 476 g/mol. The van der Waals surface area contributed by atoms with E-state index in [0.29, 0.717) is 0 Å². The summed E-state index contributed by atoms with van der Waals surface area (Å²) < 4.78 is 2.48. The molecule has 2 aliphatic rings. The monoisotopic (exact) mass is 516 g/mol. The molecule has 0 saturated carbocycles. The molecule has 37 heavy (non-hydrogen) atoms. The summed E-state index contributed by atoms with van der Waals surface area (Å²) in [5.74, 6) is 1.25. The summed E-state index contributed by atoms with van der Waals surface area (Å²) in [6.45, 7) is 13.7. The Morgan fingerprint density at radius 2 is 1.70 bits per heavy atom. The SMILES string of the molecule is CCCCCCCCc1c(C)c(C#N)c2nc3ccccc3n2c1N1CCN(C2=NCC(C)(C)S2)CC1. The maximum Gasteiger partial charge on any atom is 0.159 e. The minimum atomic E-state index is 0.197. The predicted octanol–water partition coefficient (Wildman–Crippen LogP) is 6.57. The second-order valence-corrected chi connectivity index (χ2v) is 12.8. The molecular formula is C30H40N6S. The first kappa shape index (κ1) is 25.9. The Hall–Kier alpha value is -2.72. The van der Waals surface area contributed by atoms with Gasteiger partial charge in [0.15, 0.2) is 10.8 Å². The summed E-state index contributed by atoms with van der Waals surface area (Å²) in [6, 6.07) is 10.8. The van der Waals surface area contributed by atoms with Crippen molar-refractivity contribution in [2.75, 3.05) is 37.6 Å². The lowest BCUT2D eigenvalue weighted by Gasteiger charge is -2.38. The number of rotatable bonds is 8. The van der Waals surface area contributed by atoms with E-state index in [1.54, 1.807) is 0 Å². The molecule has 0 aliphatic carbocycles. The van der Waals surface area contributed by atoms with Crippen molar-refractivity contribution in [1.82, 2.24) is 14.3 Å². The first-order chi connectivity index (χ1) is 17.9. The van der Waals surface area contributed by atoms with E-state index in [1.165, 1.54) is 48.7 Å². The summed E-state index contributed by atoms with van der Waals surface area (Å²) in [6.07, 6.45) is 8.60. The van der Waals surface area contributed by atoms with Gasteiger partial charge in [0.05, 0.1) is 23.1 Å². The van der Waals surface area contributed by atoms with Crippen LogP contribution in [-0.4, -0.2) is 56.9 Å². The normalized spacial score (nSPS) is 17.5. The first-order valence-electron chi connectivity index (χ1n) is 14.0. The molecule has 1 fully saturated rings. The molecule has 0 atom stereocenters. The van der Waals surface area contributed by atoms with Crippen molar-refractivity contribution in [3.63, 3.8) is 0 Å². The molecule has 0 amide bonds. The zero-order valence-corrected chi connectivity index (χ0v) is 23.7. The number of nitriles is 1. The van der Waals surface area contributed by atoms with Crippen LogP contribution in [0.4, 0.5) is 5.82 Å². The Bertz CT molecular complexity index is 1340. The van der Waals surface area contributed by atoms with Crippen molar-refractivity contribution < 1.29 is 0 Å². The molecule has 4 heterocycles. The number of benzene rings is 1. The van der Waals surface area contributed by atoms with Crippen molar-refractivity contribution in [1.29, 1.82) is 5.26 Å². The maximum atomic E-state index is 10.2. The third-order valence-corrected chi connectivity index (χ3v) is 9.05. The summed E-state index contributed by atoms with van der Waals surface area (Å²) in [5, 5.41) is 11.4. The van der Waals surface area contributed by atoms with Crippen LogP contribution in [0.5, 0.6) is 0 Å². The number of hydrogen-bond acceptors (Lipinski definition) is 6. The van der Waals surface area contributed by atoms with Crippen molar-refractivity contribution in [3.05, 3.63) is 41.0 Å². The molecule has 0 N–H and O–H groups in total. The van der Waals surface area contributed by atoms with Gasteiger partial charge in [-0.05, 0) is 56.9 Å². The Kier molecular flexibility index (Phi) is 7.67. The minimum Gasteiger partial charge on any atom is -0.354 e. The number of imidazole rings is 1. The summed E-state index contributed by atoms with van der Waals surface area (Å²) >= 11 is 1.91. The minimum absolute atomic E-state index is 0.197. The Labute approximate surface area is 225 Å². The van der Waals surface area contributed by atoms with Crippen molar-refractivity contribution in [3.8, 4) is 6.07 Å². The molecule has 0 unspecified atom stereocenters. The van der Waals surface area contributed by atoms with Gasteiger partial charge >= 0.3 is 0 Å². The highest BCUT2D eigenvalue weighted by molar-refractivity contribution is 8.15. The van der Waals surface area contributed by atoms with Crippen molar-refractivity contribution in [2.45, 2.75) is 77.4 Å². The number of fused-ring (bicyclic) bond motifs is 3. The Balaban J connectivity index is 1.50. The highest BCUT2D eigenvalue weighted by atomic mass is 32.2. The Morgan fingerprint density at radius 1 is 1.00 bits per heavy atom. The lowest BCUT2D eigenvalue weighted by molar-refractivity contribution is 0.390. The fraction of sp³-hybridized carbons (Fsp3) is 0.567. The fourth-order valence-corrected chi connectivity index (χ4v) is 6.78. The van der Waals surface area contributed by atoms with Crippen LogP contribution < -0.4 is 4.90 Å². The van der Waals surface area contributed by atoms with Crippen LogP contribution in [0.2, 0.25) is 0 Å². The van der Waals surface area contributed by atoms with Crippen LogP contribution in [0.1, 0.15) is 76.0 Å². The summed E-state index contributed by atoms with van der Waals surface area (Å²) in [7, 11) is 0. The predicted molar refractivity (Wildman–Crippen MR) is 157 cm³/mol. The van der Waals surface area contributed by atoms with Crippen LogP contribution in [0, 0.1) is 18.3 Å². The molecule has 7 heteroatoms. The smallest absolute Gasteiger partial charge is 0.159 e. The van der Waals surface area contributed by atoms with Gasteiger partial charge in [0.2, 0.25) is 0 Å². The fourth-order valence-electron chi connectivity index (χ4n) is 5.72. The molecule has 2 aromatic heterocycles. The number of pyridine rings is 1. The van der Waals surface area contributed by atoms with Gasteiger partial charge in [-0.1, -0.05) is 62.9 Å². The molecule has 2 aliphatic heterocycles. The van der Waals surface area contributed by atoms with E-state index >= 15 is 0 Å². The number of hydrogen-bond donors (Lipinski definition) is 0. The standard InChI is InChI=1S/C30H40N6S/c1-5-6-7-8-9-10-13-23-22(2)24(20-31)27-33-25-14-11-12-15-26(25)36(27)28(23)34-16-18-35(19-17-34)29-32-21-30(3,4)37-29/h11-12,14-15H,5-10,13,16-19,21H2,1-4H3. The van der Waals surface area contributed by atoms with Crippen LogP contribution >= 0.6 is 11.8 Å². The van der Waals surface area contributed by atoms with Crippen LogP contribution in [0.15, 0.2) is 29.3 Å². The van der Waals surface area contributed by atoms with Gasteiger partial charge in [-0.25, -0.2) is 4.98 Å². The molecule has 6 nitrogen and oxygen atoms in total. The number of amidine groups is 1. The highest BCUT2D eigenvalue weighted by Crippen LogP contribution is 2.37. The molecule has 196 valence electrons. The quantitative estimate of drug-likeness (QED) is 0.317.